The van der Waals surface area contributed by atoms with Crippen LogP contribution >= 0.6 is 0 Å². The van der Waals surface area contributed by atoms with Crippen LogP contribution in [0.5, 0.6) is 5.75 Å². The van der Waals surface area contributed by atoms with E-state index < -0.39 is 0 Å². The van der Waals surface area contributed by atoms with Gasteiger partial charge in [0.05, 0.1) is 6.04 Å². The lowest BCUT2D eigenvalue weighted by Gasteiger charge is -2.21. The number of rotatable bonds is 6. The molecule has 1 fully saturated rings. The molecule has 0 bridgehead atoms. The summed E-state index contributed by atoms with van der Waals surface area (Å²) in [4.78, 5) is 14.1. The summed E-state index contributed by atoms with van der Waals surface area (Å²) in [6.45, 7) is 1.54. The Bertz CT molecular complexity index is 685. The van der Waals surface area contributed by atoms with Crippen molar-refractivity contribution in [2.24, 2.45) is 0 Å². The molecule has 1 amide bonds. The topological polar surface area (TPSA) is 38.8 Å². The van der Waals surface area contributed by atoms with E-state index in [1.807, 2.05) is 72.8 Å². The molecule has 1 aliphatic rings. The first kappa shape index (κ1) is 17.1. The van der Waals surface area contributed by atoms with Gasteiger partial charge in [0.25, 0.3) is 0 Å². The predicted octanol–water partition coefficient (Wildman–Crippen LogP) is 4.42. The van der Waals surface area contributed by atoms with E-state index >= 15 is 0 Å². The minimum absolute atomic E-state index is 0.0858. The average Bonchev–Trinajstić information content (AvgIpc) is 3.14. The van der Waals surface area contributed by atoms with Crippen LogP contribution in [0.1, 0.15) is 18.4 Å². The van der Waals surface area contributed by atoms with Crippen LogP contribution in [0.15, 0.2) is 72.8 Å². The summed E-state index contributed by atoms with van der Waals surface area (Å²) in [6, 6.07) is 19.5. The molecule has 1 atom stereocenters. The van der Waals surface area contributed by atoms with Crippen molar-refractivity contribution in [3.63, 3.8) is 0 Å². The lowest BCUT2D eigenvalue weighted by atomic mass is 10.2. The maximum absolute atomic E-state index is 12.3. The Labute approximate surface area is 148 Å². The van der Waals surface area contributed by atoms with Crippen molar-refractivity contribution < 1.29 is 14.3 Å². The Morgan fingerprint density at radius 3 is 2.56 bits per heavy atom. The van der Waals surface area contributed by atoms with Crippen LogP contribution in [-0.2, 0) is 11.3 Å². The quantitative estimate of drug-likeness (QED) is 0.732. The van der Waals surface area contributed by atoms with Gasteiger partial charge >= 0.3 is 6.09 Å². The number of ether oxygens (including phenoxy) is 2. The van der Waals surface area contributed by atoms with E-state index in [9.17, 15) is 4.79 Å². The number of benzene rings is 2. The fraction of sp³-hybridized carbons (Fsp3) is 0.286. The zero-order valence-corrected chi connectivity index (χ0v) is 14.2. The van der Waals surface area contributed by atoms with E-state index in [4.69, 9.17) is 9.47 Å². The lowest BCUT2D eigenvalue weighted by Crippen LogP contribution is -2.34. The highest BCUT2D eigenvalue weighted by atomic mass is 16.6. The summed E-state index contributed by atoms with van der Waals surface area (Å²) < 4.78 is 11.1. The second-order valence-corrected chi connectivity index (χ2v) is 6.00. The number of hydrogen-bond donors (Lipinski definition) is 0. The zero-order valence-electron chi connectivity index (χ0n) is 14.2. The molecule has 0 spiro atoms. The van der Waals surface area contributed by atoms with E-state index in [2.05, 4.69) is 0 Å². The molecule has 0 saturated carbocycles. The summed E-state index contributed by atoms with van der Waals surface area (Å²) in [5, 5.41) is 0. The number of nitrogens with zero attached hydrogens (tertiary/aromatic N) is 1. The molecule has 3 rings (SSSR count). The van der Waals surface area contributed by atoms with Gasteiger partial charge in [0.15, 0.2) is 0 Å². The van der Waals surface area contributed by atoms with Gasteiger partial charge in [-0.25, -0.2) is 4.79 Å². The molecule has 0 aliphatic carbocycles. The standard InChI is InChI=1S/C21H23NO3/c23-21(25-17-18-9-3-1-4-10-18)22-15-7-11-19(22)12-8-16-24-20-13-5-2-6-14-20/h1-6,8-10,12-14,19H,7,11,15-17H2/b12-8+. The Morgan fingerprint density at radius 1 is 1.08 bits per heavy atom. The molecule has 1 heterocycles. The fourth-order valence-electron chi connectivity index (χ4n) is 2.90. The van der Waals surface area contributed by atoms with E-state index in [-0.39, 0.29) is 12.1 Å². The van der Waals surface area contributed by atoms with Crippen molar-refractivity contribution in [2.75, 3.05) is 13.2 Å². The van der Waals surface area contributed by atoms with Crippen molar-refractivity contribution in [1.29, 1.82) is 0 Å². The van der Waals surface area contributed by atoms with Gasteiger partial charge in [-0.15, -0.1) is 0 Å². The minimum Gasteiger partial charge on any atom is -0.490 e. The van der Waals surface area contributed by atoms with Crippen molar-refractivity contribution in [3.05, 3.63) is 78.4 Å². The molecule has 1 unspecified atom stereocenters. The number of carbonyl (C=O) groups excluding carboxylic acids is 1. The Morgan fingerprint density at radius 2 is 1.80 bits per heavy atom. The Hall–Kier alpha value is -2.75. The highest BCUT2D eigenvalue weighted by molar-refractivity contribution is 5.68. The van der Waals surface area contributed by atoms with Crippen molar-refractivity contribution in [2.45, 2.75) is 25.5 Å². The average molecular weight is 337 g/mol. The largest absolute Gasteiger partial charge is 0.490 e. The molecular formula is C21H23NO3. The SMILES string of the molecule is O=C(OCc1ccccc1)N1CCCC1/C=C/COc1ccccc1. The smallest absolute Gasteiger partial charge is 0.410 e. The molecule has 4 heteroatoms. The van der Waals surface area contributed by atoms with Crippen molar-refractivity contribution in [1.82, 2.24) is 4.90 Å². The van der Waals surface area contributed by atoms with E-state index in [1.165, 1.54) is 0 Å². The van der Waals surface area contributed by atoms with E-state index in [0.717, 1.165) is 30.7 Å². The monoisotopic (exact) mass is 337 g/mol. The molecule has 1 saturated heterocycles. The van der Waals surface area contributed by atoms with Gasteiger partial charge in [-0.2, -0.15) is 0 Å². The molecule has 0 radical (unpaired) electrons. The summed E-state index contributed by atoms with van der Waals surface area (Å²) in [6.07, 6.45) is 5.72. The Balaban J connectivity index is 1.46. The summed E-state index contributed by atoms with van der Waals surface area (Å²) in [5.74, 6) is 0.845. The van der Waals surface area contributed by atoms with Crippen LogP contribution in [0.4, 0.5) is 4.79 Å². The van der Waals surface area contributed by atoms with Crippen LogP contribution in [-0.4, -0.2) is 30.2 Å². The van der Waals surface area contributed by atoms with E-state index in [0.29, 0.717) is 13.2 Å². The van der Waals surface area contributed by atoms with Crippen LogP contribution in [0, 0.1) is 0 Å². The second kappa shape index (κ2) is 8.92. The molecule has 2 aromatic carbocycles. The van der Waals surface area contributed by atoms with Crippen LogP contribution in [0.2, 0.25) is 0 Å². The second-order valence-electron chi connectivity index (χ2n) is 6.00. The zero-order chi connectivity index (χ0) is 17.3. The predicted molar refractivity (Wildman–Crippen MR) is 97.4 cm³/mol. The number of carbonyl (C=O) groups is 1. The minimum atomic E-state index is -0.250. The van der Waals surface area contributed by atoms with E-state index in [1.54, 1.807) is 4.90 Å². The number of likely N-dealkylation sites (tertiary alicyclic amines) is 1. The van der Waals surface area contributed by atoms with Crippen LogP contribution in [0.3, 0.4) is 0 Å². The molecule has 2 aromatic rings. The molecule has 1 aliphatic heterocycles. The van der Waals surface area contributed by atoms with Crippen LogP contribution in [0.25, 0.3) is 0 Å². The third kappa shape index (κ3) is 5.11. The van der Waals surface area contributed by atoms with Gasteiger partial charge in [-0.05, 0) is 36.6 Å². The van der Waals surface area contributed by atoms with Gasteiger partial charge in [-0.1, -0.05) is 54.6 Å². The van der Waals surface area contributed by atoms with Gasteiger partial charge in [-0.3, -0.25) is 0 Å². The number of hydrogen-bond acceptors (Lipinski definition) is 3. The molecule has 25 heavy (non-hydrogen) atoms. The first-order valence-electron chi connectivity index (χ1n) is 8.65. The molecule has 130 valence electrons. The van der Waals surface area contributed by atoms with Gasteiger partial charge in [0, 0.05) is 6.54 Å². The highest BCUT2D eigenvalue weighted by Gasteiger charge is 2.27. The Kier molecular flexibility index (Phi) is 6.10. The normalized spacial score (nSPS) is 17.0. The van der Waals surface area contributed by atoms with Gasteiger partial charge in [0.2, 0.25) is 0 Å². The summed E-state index contributed by atoms with van der Waals surface area (Å²) in [5.41, 5.74) is 0.999. The first-order chi connectivity index (χ1) is 12.3. The first-order valence-corrected chi connectivity index (χ1v) is 8.65. The summed E-state index contributed by atoms with van der Waals surface area (Å²) >= 11 is 0. The fourth-order valence-corrected chi connectivity index (χ4v) is 2.90. The number of para-hydroxylation sites is 1. The third-order valence-electron chi connectivity index (χ3n) is 4.19. The lowest BCUT2D eigenvalue weighted by molar-refractivity contribution is 0.0974. The van der Waals surface area contributed by atoms with Gasteiger partial charge in [0.1, 0.15) is 19.0 Å². The van der Waals surface area contributed by atoms with Crippen molar-refractivity contribution >= 4 is 6.09 Å². The third-order valence-corrected chi connectivity index (χ3v) is 4.19. The van der Waals surface area contributed by atoms with Crippen molar-refractivity contribution in [3.8, 4) is 5.75 Å². The van der Waals surface area contributed by atoms with Gasteiger partial charge < -0.3 is 14.4 Å². The molecule has 4 nitrogen and oxygen atoms in total. The maximum atomic E-state index is 12.3. The molecule has 0 aromatic heterocycles. The molecule has 0 N–H and O–H groups in total. The highest BCUT2D eigenvalue weighted by Crippen LogP contribution is 2.20. The van der Waals surface area contributed by atoms with Crippen LogP contribution < -0.4 is 4.74 Å². The summed E-state index contributed by atoms with van der Waals surface area (Å²) in [7, 11) is 0. The number of amides is 1. The maximum Gasteiger partial charge on any atom is 0.410 e. The molecular weight excluding hydrogens is 314 g/mol.